The summed E-state index contributed by atoms with van der Waals surface area (Å²) in [5.74, 6) is -0.238. The molecule has 0 aromatic carbocycles. The molecule has 0 saturated carbocycles. The summed E-state index contributed by atoms with van der Waals surface area (Å²) in [6.07, 6.45) is -0.00137. The van der Waals surface area contributed by atoms with Crippen molar-refractivity contribution in [2.24, 2.45) is 0 Å². The van der Waals surface area contributed by atoms with E-state index in [-0.39, 0.29) is 18.8 Å². The third-order valence-electron chi connectivity index (χ3n) is 0.779. The number of rotatable bonds is 5. The molecule has 12 heavy (non-hydrogen) atoms. The van der Waals surface area contributed by atoms with Crippen LogP contribution >= 0.6 is 0 Å². The standard InChI is InChI=1S/C3H8O6S3/c4-11(5,10)3-1-2-9-12(6,7)8/h1-3H2,(H,4,5,10)(H,6,7,8). The average molecular weight is 236 g/mol. The van der Waals surface area contributed by atoms with Crippen molar-refractivity contribution in [1.82, 2.24) is 0 Å². The maximum absolute atomic E-state index is 10.4. The molecule has 6 nitrogen and oxygen atoms in total. The highest BCUT2D eigenvalue weighted by molar-refractivity contribution is 8.29. The van der Waals surface area contributed by atoms with Gasteiger partial charge in [0.2, 0.25) is 0 Å². The molecule has 0 radical (unpaired) electrons. The smallest absolute Gasteiger partial charge is 0.306 e. The molecule has 0 spiro atoms. The van der Waals surface area contributed by atoms with E-state index in [4.69, 9.17) is 9.11 Å². The van der Waals surface area contributed by atoms with Crippen molar-refractivity contribution in [2.45, 2.75) is 6.42 Å². The van der Waals surface area contributed by atoms with Gasteiger partial charge in [0.15, 0.2) is 0 Å². The van der Waals surface area contributed by atoms with Crippen LogP contribution in [0, 0.1) is 0 Å². The lowest BCUT2D eigenvalue weighted by atomic mass is 10.5. The van der Waals surface area contributed by atoms with Crippen LogP contribution in [0.5, 0.6) is 0 Å². The zero-order valence-electron chi connectivity index (χ0n) is 5.87. The van der Waals surface area contributed by atoms with Crippen LogP contribution in [0.1, 0.15) is 6.42 Å². The van der Waals surface area contributed by atoms with Crippen molar-refractivity contribution in [1.29, 1.82) is 0 Å². The molecule has 1 unspecified atom stereocenters. The van der Waals surface area contributed by atoms with Gasteiger partial charge in [0, 0.05) is 11.2 Å². The second kappa shape index (κ2) is 4.44. The van der Waals surface area contributed by atoms with Crippen LogP contribution in [0.2, 0.25) is 0 Å². The Morgan fingerprint density at radius 1 is 1.25 bits per heavy atom. The Hall–Kier alpha value is 0.200. The maximum Gasteiger partial charge on any atom is 0.397 e. The molecule has 0 aromatic rings. The minimum atomic E-state index is -4.45. The van der Waals surface area contributed by atoms with Crippen molar-refractivity contribution < 1.29 is 25.9 Å². The topological polar surface area (TPSA) is 101 Å². The number of hydrogen-bond donors (Lipinski definition) is 2. The summed E-state index contributed by atoms with van der Waals surface area (Å²) in [7, 11) is -7.72. The van der Waals surface area contributed by atoms with Gasteiger partial charge in [0.05, 0.1) is 12.4 Å². The number of hydrogen-bond acceptors (Lipinski definition) is 5. The average Bonchev–Trinajstić information content (AvgIpc) is 1.76. The maximum atomic E-state index is 10.4. The van der Waals surface area contributed by atoms with E-state index >= 15 is 0 Å². The second-order valence-corrected chi connectivity index (χ2v) is 6.12. The lowest BCUT2D eigenvalue weighted by Gasteiger charge is -1.99. The van der Waals surface area contributed by atoms with Crippen LogP contribution in [-0.4, -0.2) is 34.1 Å². The van der Waals surface area contributed by atoms with Gasteiger partial charge in [-0.2, -0.15) is 8.42 Å². The van der Waals surface area contributed by atoms with Crippen molar-refractivity contribution >= 4 is 30.4 Å². The van der Waals surface area contributed by atoms with E-state index in [1.807, 2.05) is 0 Å². The first kappa shape index (κ1) is 12.2. The molecule has 0 aliphatic heterocycles. The summed E-state index contributed by atoms with van der Waals surface area (Å²) in [5.41, 5.74) is 0. The Labute approximate surface area is 75.4 Å². The molecule has 1 atom stereocenters. The third-order valence-corrected chi connectivity index (χ3v) is 2.55. The summed E-state index contributed by atoms with van der Waals surface area (Å²) < 4.78 is 50.7. The fourth-order valence-electron chi connectivity index (χ4n) is 0.406. The molecule has 0 aromatic heterocycles. The van der Waals surface area contributed by atoms with Gasteiger partial charge < -0.3 is 4.55 Å². The zero-order valence-corrected chi connectivity index (χ0v) is 8.32. The van der Waals surface area contributed by atoms with E-state index in [0.29, 0.717) is 0 Å². The third kappa shape index (κ3) is 10.2. The molecule has 0 bridgehead atoms. The first-order valence-corrected chi connectivity index (χ1v) is 6.75. The predicted molar refractivity (Wildman–Crippen MR) is 45.1 cm³/mol. The normalized spacial score (nSPS) is 17.2. The van der Waals surface area contributed by atoms with E-state index in [1.165, 1.54) is 0 Å². The lowest BCUT2D eigenvalue weighted by Crippen LogP contribution is -2.09. The minimum absolute atomic E-state index is 0.00137. The van der Waals surface area contributed by atoms with Gasteiger partial charge in [0.25, 0.3) is 0 Å². The Bertz CT molecular complexity index is 278. The molecule has 0 amide bonds. The molecule has 0 fully saturated rings. The highest BCUT2D eigenvalue weighted by atomic mass is 32.8. The van der Waals surface area contributed by atoms with Crippen LogP contribution in [-0.2, 0) is 34.5 Å². The van der Waals surface area contributed by atoms with E-state index in [1.54, 1.807) is 0 Å². The largest absolute Gasteiger partial charge is 0.397 e. The van der Waals surface area contributed by atoms with Gasteiger partial charge in [-0.05, 0) is 6.42 Å². The molecule has 0 heterocycles. The van der Waals surface area contributed by atoms with E-state index < -0.39 is 19.2 Å². The molecular formula is C3H8O6S3. The van der Waals surface area contributed by atoms with Gasteiger partial charge in [-0.15, -0.1) is 0 Å². The van der Waals surface area contributed by atoms with Gasteiger partial charge in [-0.3, -0.25) is 4.55 Å². The highest BCUT2D eigenvalue weighted by Crippen LogP contribution is 1.93. The molecule has 0 rings (SSSR count). The fraction of sp³-hybridized carbons (Fsp3) is 1.00. The summed E-state index contributed by atoms with van der Waals surface area (Å²) in [6.45, 7) is -0.354. The minimum Gasteiger partial charge on any atom is -0.306 e. The quantitative estimate of drug-likeness (QED) is 0.486. The first-order chi connectivity index (χ1) is 5.21. The van der Waals surface area contributed by atoms with Crippen molar-refractivity contribution in [3.8, 4) is 0 Å². The molecular weight excluding hydrogens is 228 g/mol. The Balaban J connectivity index is 3.62. The van der Waals surface area contributed by atoms with Gasteiger partial charge >= 0.3 is 10.4 Å². The summed E-state index contributed by atoms with van der Waals surface area (Å²) in [5, 5.41) is 0. The van der Waals surface area contributed by atoms with Crippen LogP contribution < -0.4 is 0 Å². The SMILES string of the molecule is O=S(=O)(O)OCCCS(=O)(O)=S. The Morgan fingerprint density at radius 3 is 2.08 bits per heavy atom. The second-order valence-electron chi connectivity index (χ2n) is 1.89. The molecule has 0 aliphatic carbocycles. The molecule has 0 saturated heterocycles. The van der Waals surface area contributed by atoms with Gasteiger partial charge in [0.1, 0.15) is 8.77 Å². The van der Waals surface area contributed by atoms with Crippen molar-refractivity contribution in [3.63, 3.8) is 0 Å². The lowest BCUT2D eigenvalue weighted by molar-refractivity contribution is 0.269. The van der Waals surface area contributed by atoms with Crippen LogP contribution in [0.25, 0.3) is 0 Å². The van der Waals surface area contributed by atoms with Crippen LogP contribution in [0.3, 0.4) is 0 Å². The highest BCUT2D eigenvalue weighted by Gasteiger charge is 2.05. The molecule has 0 aliphatic rings. The Kier molecular flexibility index (Phi) is 4.51. The first-order valence-electron chi connectivity index (χ1n) is 2.78. The molecule has 2 N–H and O–H groups in total. The van der Waals surface area contributed by atoms with E-state index in [9.17, 15) is 12.6 Å². The summed E-state index contributed by atoms with van der Waals surface area (Å²) in [4.78, 5) is 0. The van der Waals surface area contributed by atoms with E-state index in [2.05, 4.69) is 15.4 Å². The molecule has 74 valence electrons. The predicted octanol–water partition coefficient (Wildman–Crippen LogP) is -0.585. The van der Waals surface area contributed by atoms with Gasteiger partial charge in [-0.25, -0.2) is 8.39 Å². The van der Waals surface area contributed by atoms with Crippen LogP contribution in [0.4, 0.5) is 0 Å². The zero-order chi connectivity index (χ0) is 9.83. The van der Waals surface area contributed by atoms with Gasteiger partial charge in [-0.1, -0.05) is 0 Å². The monoisotopic (exact) mass is 236 g/mol. The van der Waals surface area contributed by atoms with Crippen LogP contribution in [0.15, 0.2) is 0 Å². The van der Waals surface area contributed by atoms with Crippen molar-refractivity contribution in [3.05, 3.63) is 0 Å². The summed E-state index contributed by atoms with van der Waals surface area (Å²) >= 11 is 4.11. The summed E-state index contributed by atoms with van der Waals surface area (Å²) in [6, 6.07) is 0. The molecule has 9 heteroatoms. The van der Waals surface area contributed by atoms with Crippen molar-refractivity contribution in [2.75, 3.05) is 12.4 Å². The van der Waals surface area contributed by atoms with E-state index in [0.717, 1.165) is 0 Å². The fourth-order valence-corrected chi connectivity index (χ4v) is 1.57. The Morgan fingerprint density at radius 2 is 1.75 bits per heavy atom.